The van der Waals surface area contributed by atoms with Crippen molar-refractivity contribution in [2.24, 2.45) is 10.9 Å². The predicted molar refractivity (Wildman–Crippen MR) is 72.0 cm³/mol. The summed E-state index contributed by atoms with van der Waals surface area (Å²) in [7, 11) is 0. The molecule has 3 rings (SSSR count). The van der Waals surface area contributed by atoms with Crippen molar-refractivity contribution in [1.29, 1.82) is 0 Å². The number of benzene rings is 1. The first-order chi connectivity index (χ1) is 8.16. The van der Waals surface area contributed by atoms with Gasteiger partial charge in [-0.3, -0.25) is 9.79 Å². The quantitative estimate of drug-likeness (QED) is 0.782. The number of carbonyl (C=O) groups is 1. The van der Waals surface area contributed by atoms with Crippen LogP contribution in [0.25, 0.3) is 0 Å². The first-order valence-electron chi connectivity index (χ1n) is 5.83. The highest BCUT2D eigenvalue weighted by Gasteiger charge is 2.37. The zero-order chi connectivity index (χ0) is 12.0. The maximum Gasteiger partial charge on any atom is 0.230 e. The predicted octanol–water partition coefficient (Wildman–Crippen LogP) is 3.30. The van der Waals surface area contributed by atoms with E-state index in [-0.39, 0.29) is 17.9 Å². The van der Waals surface area contributed by atoms with Crippen LogP contribution in [-0.4, -0.2) is 18.2 Å². The van der Waals surface area contributed by atoms with Crippen LogP contribution in [0, 0.1) is 5.92 Å². The van der Waals surface area contributed by atoms with Gasteiger partial charge in [-0.2, -0.15) is 0 Å². The molecule has 3 nitrogen and oxygen atoms in total. The minimum absolute atomic E-state index is 0.0526. The van der Waals surface area contributed by atoms with Crippen molar-refractivity contribution in [2.75, 3.05) is 4.90 Å². The molecule has 1 aromatic carbocycles. The number of hydrogen-bond donors (Lipinski definition) is 0. The van der Waals surface area contributed by atoms with Crippen molar-refractivity contribution < 1.29 is 4.79 Å². The van der Waals surface area contributed by atoms with Crippen molar-refractivity contribution in [3.05, 3.63) is 22.7 Å². The third kappa shape index (κ3) is 1.90. The summed E-state index contributed by atoms with van der Waals surface area (Å²) in [4.78, 5) is 18.6. The van der Waals surface area contributed by atoms with Crippen LogP contribution >= 0.6 is 15.9 Å². The lowest BCUT2D eigenvalue weighted by Gasteiger charge is -2.31. The smallest absolute Gasteiger partial charge is 0.230 e. The van der Waals surface area contributed by atoms with Crippen LogP contribution in [0.5, 0.6) is 0 Å². The summed E-state index contributed by atoms with van der Waals surface area (Å²) in [6.07, 6.45) is 3.91. The zero-order valence-electron chi connectivity index (χ0n) is 9.56. The second-order valence-corrected chi connectivity index (χ2v) is 5.55. The molecule has 1 amide bonds. The van der Waals surface area contributed by atoms with Gasteiger partial charge >= 0.3 is 0 Å². The molecule has 0 N–H and O–H groups in total. The number of nitrogens with zero attached hydrogens (tertiary/aromatic N) is 2. The van der Waals surface area contributed by atoms with E-state index < -0.39 is 0 Å². The minimum Gasteiger partial charge on any atom is -0.302 e. The topological polar surface area (TPSA) is 32.7 Å². The number of carbonyl (C=O) groups excluding carboxylic acids is 1. The van der Waals surface area contributed by atoms with Gasteiger partial charge in [0, 0.05) is 16.6 Å². The molecule has 0 unspecified atom stereocenters. The van der Waals surface area contributed by atoms with Gasteiger partial charge < -0.3 is 4.90 Å². The fraction of sp³-hybridized carbons (Fsp3) is 0.385. The Balaban J connectivity index is 2.04. The molecule has 0 spiro atoms. The van der Waals surface area contributed by atoms with Crippen molar-refractivity contribution in [1.82, 2.24) is 0 Å². The monoisotopic (exact) mass is 292 g/mol. The Morgan fingerprint density at radius 3 is 2.94 bits per heavy atom. The number of hydrogen-bond acceptors (Lipinski definition) is 2. The molecule has 1 aromatic rings. The van der Waals surface area contributed by atoms with Gasteiger partial charge in [-0.05, 0) is 38.0 Å². The van der Waals surface area contributed by atoms with Gasteiger partial charge in [0.1, 0.15) is 0 Å². The van der Waals surface area contributed by atoms with Crippen molar-refractivity contribution in [2.45, 2.75) is 25.8 Å². The molecule has 17 heavy (non-hydrogen) atoms. The fourth-order valence-electron chi connectivity index (χ4n) is 2.12. The third-order valence-corrected chi connectivity index (χ3v) is 3.69. The molecular weight excluding hydrogens is 280 g/mol. The van der Waals surface area contributed by atoms with E-state index in [1.54, 1.807) is 0 Å². The van der Waals surface area contributed by atoms with Crippen LogP contribution in [-0.2, 0) is 4.79 Å². The summed E-state index contributed by atoms with van der Waals surface area (Å²) in [5, 5.41) is 0. The van der Waals surface area contributed by atoms with Gasteiger partial charge in [0.2, 0.25) is 5.91 Å². The Kier molecular flexibility index (Phi) is 2.54. The van der Waals surface area contributed by atoms with E-state index >= 15 is 0 Å². The molecule has 88 valence electrons. The molecule has 1 aliphatic carbocycles. The van der Waals surface area contributed by atoms with Gasteiger partial charge in [0.05, 0.1) is 17.4 Å². The van der Waals surface area contributed by atoms with E-state index in [1.807, 2.05) is 36.2 Å². The molecule has 1 fully saturated rings. The minimum atomic E-state index is 0.0526. The van der Waals surface area contributed by atoms with E-state index in [2.05, 4.69) is 20.9 Å². The van der Waals surface area contributed by atoms with E-state index in [0.29, 0.717) is 0 Å². The number of aliphatic imine (C=N–C) groups is 1. The second kappa shape index (κ2) is 3.95. The Bertz CT molecular complexity index is 508. The van der Waals surface area contributed by atoms with E-state index in [1.165, 1.54) is 0 Å². The summed E-state index contributed by atoms with van der Waals surface area (Å²) in [6.45, 7) is 2.01. The summed E-state index contributed by atoms with van der Waals surface area (Å²) in [5.74, 6) is 0.479. The number of amides is 1. The highest BCUT2D eigenvalue weighted by atomic mass is 79.9. The molecular formula is C13H13BrN2O. The molecule has 0 radical (unpaired) electrons. The van der Waals surface area contributed by atoms with Gasteiger partial charge in [-0.1, -0.05) is 15.9 Å². The number of rotatable bonds is 1. The lowest BCUT2D eigenvalue weighted by molar-refractivity contribution is -0.119. The Labute approximate surface area is 109 Å². The van der Waals surface area contributed by atoms with Gasteiger partial charge in [-0.25, -0.2) is 0 Å². The van der Waals surface area contributed by atoms with Crippen molar-refractivity contribution in [3.63, 3.8) is 0 Å². The maximum absolute atomic E-state index is 12.3. The summed E-state index contributed by atoms with van der Waals surface area (Å²) >= 11 is 3.43. The molecule has 0 saturated heterocycles. The van der Waals surface area contributed by atoms with Gasteiger partial charge in [-0.15, -0.1) is 0 Å². The first kappa shape index (κ1) is 11.0. The first-order valence-corrected chi connectivity index (χ1v) is 6.63. The maximum atomic E-state index is 12.3. The molecule has 0 aromatic heterocycles. The average molecular weight is 293 g/mol. The Hall–Kier alpha value is -1.16. The normalized spacial score (nSPS) is 22.5. The van der Waals surface area contributed by atoms with Crippen LogP contribution in [0.3, 0.4) is 0 Å². The molecule has 1 aliphatic heterocycles. The molecule has 1 atom stereocenters. The molecule has 1 heterocycles. The van der Waals surface area contributed by atoms with Crippen LogP contribution in [0.15, 0.2) is 27.7 Å². The third-order valence-electron chi connectivity index (χ3n) is 3.20. The second-order valence-electron chi connectivity index (χ2n) is 4.63. The van der Waals surface area contributed by atoms with Gasteiger partial charge in [0.15, 0.2) is 0 Å². The highest BCUT2D eigenvalue weighted by Crippen LogP contribution is 2.39. The average Bonchev–Trinajstić information content (AvgIpc) is 3.12. The standard InChI is InChI=1S/C13H13BrN2O/c1-8-7-15-11-6-10(14)4-5-12(11)16(8)13(17)9-2-3-9/h4-9H,2-3H2,1H3/t8-/m0/s1. The molecule has 2 aliphatic rings. The van der Waals surface area contributed by atoms with E-state index in [4.69, 9.17) is 0 Å². The summed E-state index contributed by atoms with van der Waals surface area (Å²) < 4.78 is 0.988. The Morgan fingerprint density at radius 1 is 1.47 bits per heavy atom. The summed E-state index contributed by atoms with van der Waals surface area (Å²) in [5.41, 5.74) is 1.80. The molecule has 0 bridgehead atoms. The fourth-order valence-corrected chi connectivity index (χ4v) is 2.47. The van der Waals surface area contributed by atoms with Crippen LogP contribution in [0.4, 0.5) is 11.4 Å². The Morgan fingerprint density at radius 2 is 2.24 bits per heavy atom. The highest BCUT2D eigenvalue weighted by molar-refractivity contribution is 9.10. The molecule has 4 heteroatoms. The summed E-state index contributed by atoms with van der Waals surface area (Å²) in [6, 6.07) is 5.92. The van der Waals surface area contributed by atoms with Crippen LogP contribution in [0.1, 0.15) is 19.8 Å². The molecule has 1 saturated carbocycles. The van der Waals surface area contributed by atoms with Crippen LogP contribution < -0.4 is 4.90 Å². The van der Waals surface area contributed by atoms with Crippen molar-refractivity contribution >= 4 is 39.4 Å². The van der Waals surface area contributed by atoms with Gasteiger partial charge in [0.25, 0.3) is 0 Å². The number of fused-ring (bicyclic) bond motifs is 1. The largest absolute Gasteiger partial charge is 0.302 e. The lowest BCUT2D eigenvalue weighted by Crippen LogP contribution is -2.42. The van der Waals surface area contributed by atoms with Crippen molar-refractivity contribution in [3.8, 4) is 0 Å². The van der Waals surface area contributed by atoms with Crippen LogP contribution in [0.2, 0.25) is 0 Å². The zero-order valence-corrected chi connectivity index (χ0v) is 11.1. The van der Waals surface area contributed by atoms with E-state index in [9.17, 15) is 4.79 Å². The SMILES string of the molecule is C[C@H]1C=Nc2cc(Br)ccc2N1C(=O)C1CC1. The van der Waals surface area contributed by atoms with E-state index in [0.717, 1.165) is 28.7 Å². The number of halogens is 1. The lowest BCUT2D eigenvalue weighted by atomic mass is 10.1. The number of anilines is 1.